The first-order chi connectivity index (χ1) is 17.9. The van der Waals surface area contributed by atoms with Crippen LogP contribution < -0.4 is 22.3 Å². The van der Waals surface area contributed by atoms with Gasteiger partial charge in [-0.15, -0.1) is 11.8 Å². The molecule has 0 spiro atoms. The predicted octanol–water partition coefficient (Wildman–Crippen LogP) is 4.44. The molecule has 6 rings (SSSR count). The zero-order valence-electron chi connectivity index (χ0n) is 20.1. The minimum absolute atomic E-state index is 0.227. The molecule has 37 heavy (non-hydrogen) atoms. The highest BCUT2D eigenvalue weighted by molar-refractivity contribution is 7.99. The molecule has 1 aliphatic carbocycles. The number of rotatable bonds is 6. The molecule has 0 saturated heterocycles. The highest BCUT2D eigenvalue weighted by Crippen LogP contribution is 2.50. The number of fused-ring (bicyclic) bond motifs is 2. The van der Waals surface area contributed by atoms with Gasteiger partial charge in [-0.05, 0) is 70.5 Å². The van der Waals surface area contributed by atoms with E-state index in [-0.39, 0.29) is 17.2 Å². The summed E-state index contributed by atoms with van der Waals surface area (Å²) in [6.45, 7) is 0. The minimum atomic E-state index is -0.672. The molecule has 1 aliphatic heterocycles. The van der Waals surface area contributed by atoms with Gasteiger partial charge in [0.1, 0.15) is 11.7 Å². The second kappa shape index (κ2) is 9.12. The summed E-state index contributed by atoms with van der Waals surface area (Å²) >= 11 is 1.55. The van der Waals surface area contributed by atoms with Gasteiger partial charge in [0, 0.05) is 23.4 Å². The van der Waals surface area contributed by atoms with Crippen molar-refractivity contribution in [1.29, 1.82) is 0 Å². The molecule has 5 N–H and O–H groups in total. The Balaban J connectivity index is 1.37. The predicted molar refractivity (Wildman–Crippen MR) is 147 cm³/mol. The molecule has 1 unspecified atom stereocenters. The summed E-state index contributed by atoms with van der Waals surface area (Å²) in [4.78, 5) is 38.2. The van der Waals surface area contributed by atoms with Crippen molar-refractivity contribution in [2.24, 2.45) is 5.73 Å². The zero-order valence-corrected chi connectivity index (χ0v) is 20.9. The molecule has 8 heteroatoms. The summed E-state index contributed by atoms with van der Waals surface area (Å²) in [6, 6.07) is 20.1. The van der Waals surface area contributed by atoms with Crippen LogP contribution in [0.4, 0.5) is 11.4 Å². The lowest BCUT2D eigenvalue weighted by Crippen LogP contribution is -2.34. The number of nitrogens with one attached hydrogen (secondary N) is 1. The number of benzene rings is 3. The summed E-state index contributed by atoms with van der Waals surface area (Å²) in [5.41, 5.74) is 15.8. The molecule has 0 radical (unpaired) electrons. The Bertz CT molecular complexity index is 1620. The van der Waals surface area contributed by atoms with E-state index >= 15 is 0 Å². The highest BCUT2D eigenvalue weighted by Gasteiger charge is 2.39. The molecule has 1 aromatic heterocycles. The number of aromatic nitrogens is 1. The molecule has 3 aromatic carbocycles. The van der Waals surface area contributed by atoms with Crippen molar-refractivity contribution in [1.82, 2.24) is 4.57 Å². The van der Waals surface area contributed by atoms with E-state index in [1.165, 1.54) is 0 Å². The lowest BCUT2D eigenvalue weighted by Gasteiger charge is -2.20. The average Bonchev–Trinajstić information content (AvgIpc) is 3.64. The van der Waals surface area contributed by atoms with E-state index in [1.54, 1.807) is 40.6 Å². The third-order valence-corrected chi connectivity index (χ3v) is 8.38. The molecular weight excluding hydrogens is 484 g/mol. The van der Waals surface area contributed by atoms with Crippen LogP contribution in [0.2, 0.25) is 0 Å². The van der Waals surface area contributed by atoms with Gasteiger partial charge in [-0.2, -0.15) is 0 Å². The normalized spacial score (nSPS) is 16.5. The van der Waals surface area contributed by atoms with Crippen molar-refractivity contribution in [3.8, 4) is 0 Å². The fourth-order valence-electron chi connectivity index (χ4n) is 5.17. The first-order valence-corrected chi connectivity index (χ1v) is 13.3. The molecular formula is C29H26N4O3S. The Hall–Kier alpha value is -4.04. The number of nitrogens with two attached hydrogens (primary N) is 2. The average molecular weight is 511 g/mol. The zero-order chi connectivity index (χ0) is 25.7. The molecule has 2 amide bonds. The Morgan fingerprint density at radius 3 is 2.46 bits per heavy atom. The summed E-state index contributed by atoms with van der Waals surface area (Å²) in [7, 11) is 0. The standard InChI is InChI=1S/C29H26N4O3S/c30-25-22(14-19-6-3-5-16-4-1-2-7-21(16)19)24(17-8-9-17)29-33(28(25)36)23(15-37-29)27(35)32-20-12-10-18(11-13-20)26(31)34/h1-7,10-13,17,23H,8-9,14-15,30H2,(H2,31,34)(H,32,35). The van der Waals surface area contributed by atoms with Crippen LogP contribution in [0.3, 0.4) is 0 Å². The molecule has 1 fully saturated rings. The van der Waals surface area contributed by atoms with E-state index in [4.69, 9.17) is 11.5 Å². The van der Waals surface area contributed by atoms with E-state index in [9.17, 15) is 14.4 Å². The molecule has 0 bridgehead atoms. The quantitative estimate of drug-likeness (QED) is 0.354. The third kappa shape index (κ3) is 4.17. The van der Waals surface area contributed by atoms with Gasteiger partial charge in [0.05, 0.1) is 5.03 Å². The van der Waals surface area contributed by atoms with Crippen molar-refractivity contribution in [2.45, 2.75) is 36.2 Å². The van der Waals surface area contributed by atoms with Crippen LogP contribution in [-0.2, 0) is 11.2 Å². The number of nitrogen functional groups attached to an aromatic ring is 1. The molecule has 2 aliphatic rings. The molecule has 7 nitrogen and oxygen atoms in total. The van der Waals surface area contributed by atoms with E-state index in [1.807, 2.05) is 18.2 Å². The van der Waals surface area contributed by atoms with Gasteiger partial charge in [-0.25, -0.2) is 0 Å². The number of nitrogens with zero attached hydrogens (tertiary/aromatic N) is 1. The number of pyridine rings is 1. The topological polar surface area (TPSA) is 120 Å². The SMILES string of the molecule is NC(=O)c1ccc(NC(=O)C2CSc3c(C4CC4)c(Cc4cccc5ccccc45)c(N)c(=O)n32)cc1. The lowest BCUT2D eigenvalue weighted by atomic mass is 9.93. The van der Waals surface area contributed by atoms with Gasteiger partial charge in [0.25, 0.3) is 5.56 Å². The Labute approximate surface area is 217 Å². The first-order valence-electron chi connectivity index (χ1n) is 12.3. The van der Waals surface area contributed by atoms with Crippen LogP contribution in [-0.4, -0.2) is 22.1 Å². The summed E-state index contributed by atoms with van der Waals surface area (Å²) in [6.07, 6.45) is 2.68. The second-order valence-corrected chi connectivity index (χ2v) is 10.6. The number of amides is 2. The van der Waals surface area contributed by atoms with Gasteiger partial charge in [-0.1, -0.05) is 42.5 Å². The van der Waals surface area contributed by atoms with Gasteiger partial charge in [-0.3, -0.25) is 19.0 Å². The van der Waals surface area contributed by atoms with E-state index in [0.29, 0.717) is 29.3 Å². The highest BCUT2D eigenvalue weighted by atomic mass is 32.2. The molecule has 2 heterocycles. The fraction of sp³-hybridized carbons (Fsp3) is 0.207. The Morgan fingerprint density at radius 1 is 1.00 bits per heavy atom. The Kier molecular flexibility index (Phi) is 5.76. The second-order valence-electron chi connectivity index (χ2n) is 9.63. The van der Waals surface area contributed by atoms with Crippen LogP contribution in [0.25, 0.3) is 10.8 Å². The Morgan fingerprint density at radius 2 is 1.73 bits per heavy atom. The van der Waals surface area contributed by atoms with E-state index in [2.05, 4.69) is 29.6 Å². The van der Waals surface area contributed by atoms with Crippen LogP contribution in [0.15, 0.2) is 76.6 Å². The molecule has 1 atom stereocenters. The van der Waals surface area contributed by atoms with Crippen molar-refractivity contribution in [3.63, 3.8) is 0 Å². The van der Waals surface area contributed by atoms with Crippen molar-refractivity contribution >= 4 is 45.7 Å². The van der Waals surface area contributed by atoms with Crippen LogP contribution >= 0.6 is 11.8 Å². The number of anilines is 2. The maximum atomic E-state index is 13.6. The number of carbonyl (C=O) groups is 2. The van der Waals surface area contributed by atoms with Gasteiger partial charge >= 0.3 is 0 Å². The fourth-order valence-corrected chi connectivity index (χ4v) is 6.59. The van der Waals surface area contributed by atoms with Gasteiger partial charge < -0.3 is 16.8 Å². The summed E-state index contributed by atoms with van der Waals surface area (Å²) in [5.74, 6) is -0.0158. The molecule has 186 valence electrons. The minimum Gasteiger partial charge on any atom is -0.394 e. The number of thioether (sulfide) groups is 1. The van der Waals surface area contributed by atoms with Gasteiger partial charge in [0.2, 0.25) is 11.8 Å². The molecule has 1 saturated carbocycles. The smallest absolute Gasteiger partial charge is 0.275 e. The van der Waals surface area contributed by atoms with Crippen LogP contribution in [0.5, 0.6) is 0 Å². The van der Waals surface area contributed by atoms with Crippen LogP contribution in [0.1, 0.15) is 51.8 Å². The number of primary amides is 1. The maximum absolute atomic E-state index is 13.6. The maximum Gasteiger partial charge on any atom is 0.275 e. The molecule has 4 aromatic rings. The van der Waals surface area contributed by atoms with E-state index < -0.39 is 11.9 Å². The number of carbonyl (C=O) groups excluding carboxylic acids is 2. The first kappa shape index (κ1) is 23.4. The lowest BCUT2D eigenvalue weighted by molar-refractivity contribution is -0.118. The summed E-state index contributed by atoms with van der Waals surface area (Å²) in [5, 5.41) is 6.04. The number of hydrogen-bond donors (Lipinski definition) is 3. The third-order valence-electron chi connectivity index (χ3n) is 7.21. The van der Waals surface area contributed by atoms with Gasteiger partial charge in [0.15, 0.2) is 0 Å². The largest absolute Gasteiger partial charge is 0.394 e. The van der Waals surface area contributed by atoms with E-state index in [0.717, 1.165) is 45.3 Å². The monoisotopic (exact) mass is 510 g/mol. The van der Waals surface area contributed by atoms with Crippen molar-refractivity contribution in [2.75, 3.05) is 16.8 Å². The number of hydrogen-bond acceptors (Lipinski definition) is 5. The summed E-state index contributed by atoms with van der Waals surface area (Å²) < 4.78 is 1.59. The van der Waals surface area contributed by atoms with Crippen LogP contribution in [0, 0.1) is 0 Å². The van der Waals surface area contributed by atoms with Crippen molar-refractivity contribution in [3.05, 3.63) is 99.3 Å². The van der Waals surface area contributed by atoms with Crippen molar-refractivity contribution < 1.29 is 9.59 Å².